The molecular formula is C23H25N9O. The van der Waals surface area contributed by atoms with Crippen LogP contribution in [0.15, 0.2) is 55.1 Å². The molecule has 0 saturated carbocycles. The number of nitrogens with zero attached hydrogens (tertiary/aromatic N) is 9. The average molecular weight is 444 g/mol. The SMILES string of the molecule is c1ccc(-c2cc(N3CCN(c4cc(N5CCOCC5)ncn4)CC3)n3ncnc3n2)cc1. The van der Waals surface area contributed by atoms with Crippen LogP contribution < -0.4 is 14.7 Å². The molecule has 5 heterocycles. The van der Waals surface area contributed by atoms with E-state index in [0.717, 1.165) is 81.2 Å². The highest BCUT2D eigenvalue weighted by atomic mass is 16.5. The van der Waals surface area contributed by atoms with E-state index in [2.05, 4.69) is 59.0 Å². The highest BCUT2D eigenvalue weighted by Gasteiger charge is 2.23. The Kier molecular flexibility index (Phi) is 5.19. The number of hydrogen-bond donors (Lipinski definition) is 0. The molecule has 0 radical (unpaired) electrons. The number of fused-ring (bicyclic) bond motifs is 1. The van der Waals surface area contributed by atoms with Crippen LogP contribution in [-0.2, 0) is 4.74 Å². The molecule has 10 nitrogen and oxygen atoms in total. The first kappa shape index (κ1) is 19.9. The summed E-state index contributed by atoms with van der Waals surface area (Å²) < 4.78 is 7.29. The lowest BCUT2D eigenvalue weighted by Crippen LogP contribution is -2.47. The third kappa shape index (κ3) is 3.93. The second kappa shape index (κ2) is 8.62. The van der Waals surface area contributed by atoms with Crippen molar-refractivity contribution in [2.45, 2.75) is 0 Å². The van der Waals surface area contributed by atoms with Crippen molar-refractivity contribution in [1.82, 2.24) is 29.5 Å². The van der Waals surface area contributed by atoms with Gasteiger partial charge in [-0.2, -0.15) is 14.6 Å². The first-order valence-electron chi connectivity index (χ1n) is 11.3. The summed E-state index contributed by atoms with van der Waals surface area (Å²) in [5, 5.41) is 4.42. The summed E-state index contributed by atoms with van der Waals surface area (Å²) in [6, 6.07) is 14.4. The molecule has 168 valence electrons. The van der Waals surface area contributed by atoms with Crippen molar-refractivity contribution in [1.29, 1.82) is 0 Å². The Hall–Kier alpha value is -3.79. The van der Waals surface area contributed by atoms with E-state index in [-0.39, 0.29) is 0 Å². The van der Waals surface area contributed by atoms with Gasteiger partial charge in [0.05, 0.1) is 18.9 Å². The van der Waals surface area contributed by atoms with Crippen molar-refractivity contribution in [3.63, 3.8) is 0 Å². The summed E-state index contributed by atoms with van der Waals surface area (Å²) in [6.07, 6.45) is 3.23. The smallest absolute Gasteiger partial charge is 0.254 e. The number of benzene rings is 1. The molecule has 1 aromatic carbocycles. The molecule has 2 aliphatic heterocycles. The maximum Gasteiger partial charge on any atom is 0.254 e. The fourth-order valence-electron chi connectivity index (χ4n) is 4.42. The summed E-state index contributed by atoms with van der Waals surface area (Å²) >= 11 is 0. The number of hydrogen-bond acceptors (Lipinski definition) is 9. The Morgan fingerprint density at radius 3 is 2.15 bits per heavy atom. The highest BCUT2D eigenvalue weighted by Crippen LogP contribution is 2.26. The van der Waals surface area contributed by atoms with Gasteiger partial charge in [-0.1, -0.05) is 30.3 Å². The topological polar surface area (TPSA) is 87.8 Å². The fourth-order valence-corrected chi connectivity index (χ4v) is 4.42. The average Bonchev–Trinajstić information content (AvgIpc) is 3.38. The summed E-state index contributed by atoms with van der Waals surface area (Å²) in [4.78, 5) is 25.0. The lowest BCUT2D eigenvalue weighted by atomic mass is 10.1. The number of ether oxygens (including phenoxy) is 1. The first-order valence-corrected chi connectivity index (χ1v) is 11.3. The lowest BCUT2D eigenvalue weighted by molar-refractivity contribution is 0.122. The van der Waals surface area contributed by atoms with Crippen LogP contribution in [0.1, 0.15) is 0 Å². The van der Waals surface area contributed by atoms with Crippen LogP contribution in [0.5, 0.6) is 0 Å². The number of morpholine rings is 1. The Labute approximate surface area is 191 Å². The Balaban J connectivity index is 1.22. The van der Waals surface area contributed by atoms with Crippen molar-refractivity contribution in [3.8, 4) is 11.3 Å². The van der Waals surface area contributed by atoms with Gasteiger partial charge in [-0.05, 0) is 0 Å². The third-order valence-corrected chi connectivity index (χ3v) is 6.20. The third-order valence-electron chi connectivity index (χ3n) is 6.20. The van der Waals surface area contributed by atoms with Gasteiger partial charge in [-0.25, -0.2) is 15.0 Å². The lowest BCUT2D eigenvalue weighted by Gasteiger charge is -2.37. The molecule has 6 rings (SSSR count). The molecule has 0 unspecified atom stereocenters. The van der Waals surface area contributed by atoms with E-state index < -0.39 is 0 Å². The van der Waals surface area contributed by atoms with Crippen LogP contribution in [0.2, 0.25) is 0 Å². The van der Waals surface area contributed by atoms with Gasteiger partial charge in [0.25, 0.3) is 5.78 Å². The van der Waals surface area contributed by atoms with E-state index in [1.165, 1.54) is 0 Å². The van der Waals surface area contributed by atoms with E-state index in [1.54, 1.807) is 12.7 Å². The summed E-state index contributed by atoms with van der Waals surface area (Å²) in [5.74, 6) is 3.56. The van der Waals surface area contributed by atoms with E-state index in [4.69, 9.17) is 9.72 Å². The van der Waals surface area contributed by atoms with Crippen molar-refractivity contribution < 1.29 is 4.74 Å². The van der Waals surface area contributed by atoms with Crippen LogP contribution in [0.25, 0.3) is 17.0 Å². The van der Waals surface area contributed by atoms with E-state index in [1.807, 2.05) is 22.7 Å². The van der Waals surface area contributed by atoms with E-state index >= 15 is 0 Å². The monoisotopic (exact) mass is 443 g/mol. The fraction of sp³-hybridized carbons (Fsp3) is 0.348. The van der Waals surface area contributed by atoms with Crippen LogP contribution in [-0.4, -0.2) is 82.0 Å². The second-order valence-corrected chi connectivity index (χ2v) is 8.15. The molecule has 0 bridgehead atoms. The maximum absolute atomic E-state index is 5.47. The van der Waals surface area contributed by atoms with Gasteiger partial charge in [0, 0.05) is 57.0 Å². The van der Waals surface area contributed by atoms with Crippen molar-refractivity contribution in [2.75, 3.05) is 67.2 Å². The van der Waals surface area contributed by atoms with Crippen molar-refractivity contribution >= 4 is 23.2 Å². The largest absolute Gasteiger partial charge is 0.378 e. The van der Waals surface area contributed by atoms with Gasteiger partial charge in [0.2, 0.25) is 0 Å². The van der Waals surface area contributed by atoms with Crippen molar-refractivity contribution in [3.05, 3.63) is 55.1 Å². The Morgan fingerprint density at radius 1 is 0.697 bits per heavy atom. The van der Waals surface area contributed by atoms with E-state index in [0.29, 0.717) is 5.78 Å². The zero-order valence-corrected chi connectivity index (χ0v) is 18.3. The molecule has 0 aliphatic carbocycles. The molecule has 0 N–H and O–H groups in total. The summed E-state index contributed by atoms with van der Waals surface area (Å²) in [6.45, 7) is 6.64. The van der Waals surface area contributed by atoms with Crippen LogP contribution in [0.4, 0.5) is 17.5 Å². The van der Waals surface area contributed by atoms with Gasteiger partial charge < -0.3 is 19.4 Å². The standard InChI is InChI=1S/C23H25N9O/c1-2-4-18(5-3-1)19-14-22(32-23(28-19)26-17-27-32)31-8-6-29(7-9-31)20-15-21(25-16-24-20)30-10-12-33-13-11-30/h1-5,14-17H,6-13H2. The number of piperazine rings is 1. The van der Waals surface area contributed by atoms with Gasteiger partial charge in [0.15, 0.2) is 0 Å². The summed E-state index contributed by atoms with van der Waals surface area (Å²) in [5.41, 5.74) is 1.97. The Bertz CT molecular complexity index is 1230. The second-order valence-electron chi connectivity index (χ2n) is 8.15. The molecule has 2 saturated heterocycles. The van der Waals surface area contributed by atoms with E-state index in [9.17, 15) is 0 Å². The molecule has 0 spiro atoms. The minimum absolute atomic E-state index is 0.611. The first-order chi connectivity index (χ1) is 16.3. The predicted molar refractivity (Wildman–Crippen MR) is 126 cm³/mol. The predicted octanol–water partition coefficient (Wildman–Crippen LogP) is 1.74. The maximum atomic E-state index is 5.47. The van der Waals surface area contributed by atoms with Crippen LogP contribution in [0, 0.1) is 0 Å². The number of aromatic nitrogens is 6. The number of anilines is 3. The van der Waals surface area contributed by atoms with Gasteiger partial charge >= 0.3 is 0 Å². The van der Waals surface area contributed by atoms with Gasteiger partial charge in [-0.3, -0.25) is 0 Å². The molecular weight excluding hydrogens is 418 g/mol. The minimum Gasteiger partial charge on any atom is -0.378 e. The molecule has 0 amide bonds. The highest BCUT2D eigenvalue weighted by molar-refractivity contribution is 5.66. The van der Waals surface area contributed by atoms with Gasteiger partial charge in [0.1, 0.15) is 30.1 Å². The summed E-state index contributed by atoms with van der Waals surface area (Å²) in [7, 11) is 0. The molecule has 2 aliphatic rings. The zero-order valence-electron chi connectivity index (χ0n) is 18.3. The molecule has 33 heavy (non-hydrogen) atoms. The molecule has 3 aromatic heterocycles. The molecule has 4 aromatic rings. The molecule has 2 fully saturated rings. The zero-order chi connectivity index (χ0) is 22.0. The molecule has 0 atom stereocenters. The van der Waals surface area contributed by atoms with Gasteiger partial charge in [-0.15, -0.1) is 0 Å². The number of rotatable bonds is 4. The van der Waals surface area contributed by atoms with Crippen LogP contribution >= 0.6 is 0 Å². The normalized spacial score (nSPS) is 17.0. The van der Waals surface area contributed by atoms with Crippen molar-refractivity contribution in [2.24, 2.45) is 0 Å². The minimum atomic E-state index is 0.611. The molecule has 10 heteroatoms. The van der Waals surface area contributed by atoms with Crippen LogP contribution in [0.3, 0.4) is 0 Å². The quantitative estimate of drug-likeness (QED) is 0.468. The Morgan fingerprint density at radius 2 is 1.39 bits per heavy atom.